The van der Waals surface area contributed by atoms with Crippen LogP contribution in [0.25, 0.3) is 11.3 Å². The van der Waals surface area contributed by atoms with E-state index >= 15 is 0 Å². The van der Waals surface area contributed by atoms with Crippen LogP contribution < -0.4 is 5.32 Å². The lowest BCUT2D eigenvalue weighted by molar-refractivity contribution is -0.224. The fourth-order valence-corrected chi connectivity index (χ4v) is 15.5. The highest BCUT2D eigenvalue weighted by Gasteiger charge is 2.68. The Balaban J connectivity index is 0.00000164. The Kier molecular flexibility index (Phi) is 11.6. The maximum atomic E-state index is 14.8. The van der Waals surface area contributed by atoms with E-state index in [0.717, 1.165) is 80.4 Å². The molecule has 2 aromatic carbocycles. The zero-order valence-corrected chi connectivity index (χ0v) is 38.9. The van der Waals surface area contributed by atoms with E-state index in [1.54, 1.807) is 6.08 Å². The number of allylic oxidation sites excluding steroid dienone is 1. The lowest BCUT2D eigenvalue weighted by Gasteiger charge is -2.69. The molecular formula is C55H73N3O5. The second-order valence-electron chi connectivity index (χ2n) is 22.3. The summed E-state index contributed by atoms with van der Waals surface area (Å²) in [6, 6.07) is 20.1. The molecule has 7 fully saturated rings. The number of nitrogens with zero attached hydrogens (tertiary/aromatic N) is 1. The number of imidazole rings is 1. The second kappa shape index (κ2) is 16.7. The van der Waals surface area contributed by atoms with Crippen LogP contribution in [0.1, 0.15) is 143 Å². The monoisotopic (exact) mass is 856 g/mol. The molecule has 12 unspecified atom stereocenters. The molecule has 0 aliphatic heterocycles. The predicted molar refractivity (Wildman–Crippen MR) is 246 cm³/mol. The molecule has 7 aliphatic carbocycles. The van der Waals surface area contributed by atoms with E-state index in [1.807, 2.05) is 68.6 Å². The Bertz CT molecular complexity index is 2160. The number of carbonyl (C=O) groups excluding carboxylic acids is 3. The van der Waals surface area contributed by atoms with Crippen molar-refractivity contribution in [2.45, 2.75) is 150 Å². The average Bonchev–Trinajstić information content (AvgIpc) is 3.63. The van der Waals surface area contributed by atoms with Crippen molar-refractivity contribution in [3.63, 3.8) is 0 Å². The number of carbonyl (C=O) groups is 3. The Labute approximate surface area is 376 Å². The first-order valence-corrected chi connectivity index (χ1v) is 24.6. The second-order valence-corrected chi connectivity index (χ2v) is 22.3. The van der Waals surface area contributed by atoms with Crippen molar-refractivity contribution < 1.29 is 23.9 Å². The van der Waals surface area contributed by atoms with Crippen LogP contribution in [0.5, 0.6) is 0 Å². The van der Waals surface area contributed by atoms with Crippen molar-refractivity contribution in [3.8, 4) is 11.3 Å². The fourth-order valence-electron chi connectivity index (χ4n) is 15.5. The van der Waals surface area contributed by atoms with Crippen molar-refractivity contribution in [1.82, 2.24) is 15.3 Å². The Hall–Kier alpha value is -4.20. The van der Waals surface area contributed by atoms with Crippen molar-refractivity contribution in [3.05, 3.63) is 90.9 Å². The van der Waals surface area contributed by atoms with E-state index in [9.17, 15) is 14.4 Å². The number of hydrogen-bond donors (Lipinski definition) is 2. The normalized spacial score (nSPS) is 37.7. The number of esters is 2. The van der Waals surface area contributed by atoms with Crippen LogP contribution in [0.2, 0.25) is 0 Å². The van der Waals surface area contributed by atoms with Gasteiger partial charge in [-0.05, 0) is 148 Å². The number of nitrogens with one attached hydrogen (secondary N) is 2. The van der Waals surface area contributed by atoms with Gasteiger partial charge in [-0.15, -0.1) is 6.58 Å². The number of aromatic amines is 1. The largest absolute Gasteiger partial charge is 0.462 e. The quantitative estimate of drug-likeness (QED) is 0.164. The summed E-state index contributed by atoms with van der Waals surface area (Å²) in [7, 11) is 0. The summed E-state index contributed by atoms with van der Waals surface area (Å²) in [6.45, 7) is 17.5. The molecule has 8 nitrogen and oxygen atoms in total. The molecule has 0 spiro atoms. The third-order valence-corrected chi connectivity index (χ3v) is 19.0. The fraction of sp³-hybridized carbons (Fsp3) is 0.636. The van der Waals surface area contributed by atoms with E-state index in [1.165, 1.54) is 25.7 Å². The van der Waals surface area contributed by atoms with Crippen LogP contribution >= 0.6 is 0 Å². The van der Waals surface area contributed by atoms with Gasteiger partial charge in [-0.25, -0.2) is 4.98 Å². The topological polar surface area (TPSA) is 110 Å². The van der Waals surface area contributed by atoms with Gasteiger partial charge in [0, 0.05) is 5.41 Å². The van der Waals surface area contributed by atoms with Crippen LogP contribution in [-0.2, 0) is 36.0 Å². The number of aromatic nitrogens is 2. The molecule has 63 heavy (non-hydrogen) atoms. The van der Waals surface area contributed by atoms with E-state index in [0.29, 0.717) is 41.9 Å². The molecule has 0 bridgehead atoms. The third-order valence-electron chi connectivity index (χ3n) is 19.0. The van der Waals surface area contributed by atoms with Gasteiger partial charge in [0.2, 0.25) is 5.91 Å². The molecular weight excluding hydrogens is 783 g/mol. The summed E-state index contributed by atoms with van der Waals surface area (Å²) in [4.78, 5) is 49.9. The van der Waals surface area contributed by atoms with E-state index in [4.69, 9.17) is 14.5 Å². The molecule has 1 amide bonds. The molecule has 0 saturated heterocycles. The van der Waals surface area contributed by atoms with Gasteiger partial charge >= 0.3 is 11.9 Å². The number of ether oxygens (including phenoxy) is 2. The minimum atomic E-state index is -0.366. The zero-order valence-electron chi connectivity index (χ0n) is 38.9. The molecule has 2 N–H and O–H groups in total. The molecule has 0 radical (unpaired) electrons. The maximum Gasteiger partial charge on any atom is 0.309 e. The zero-order chi connectivity index (χ0) is 44.4. The van der Waals surface area contributed by atoms with Crippen molar-refractivity contribution in [2.24, 2.45) is 69.0 Å². The number of rotatable bonds is 9. The Morgan fingerprint density at radius 2 is 1.48 bits per heavy atom. The van der Waals surface area contributed by atoms with Gasteiger partial charge in [-0.1, -0.05) is 108 Å². The van der Waals surface area contributed by atoms with Gasteiger partial charge in [0.25, 0.3) is 0 Å². The van der Waals surface area contributed by atoms with Crippen LogP contribution in [0.4, 0.5) is 0 Å². The van der Waals surface area contributed by atoms with Gasteiger partial charge in [0.05, 0.1) is 34.7 Å². The van der Waals surface area contributed by atoms with Crippen molar-refractivity contribution in [2.75, 3.05) is 0 Å². The van der Waals surface area contributed by atoms with Gasteiger partial charge in [0.15, 0.2) is 0 Å². The molecule has 12 atom stereocenters. The summed E-state index contributed by atoms with van der Waals surface area (Å²) in [5.74, 6) is 3.09. The molecule has 3 aromatic rings. The summed E-state index contributed by atoms with van der Waals surface area (Å²) in [5, 5.41) is 3.66. The molecule has 10 rings (SSSR count). The molecule has 7 saturated carbocycles. The molecule has 7 aliphatic rings. The van der Waals surface area contributed by atoms with E-state index in [-0.39, 0.29) is 69.6 Å². The summed E-state index contributed by atoms with van der Waals surface area (Å²) < 4.78 is 12.2. The van der Waals surface area contributed by atoms with Crippen LogP contribution in [0, 0.1) is 69.0 Å². The van der Waals surface area contributed by atoms with Gasteiger partial charge in [-0.3, -0.25) is 14.4 Å². The molecule has 1 aromatic heterocycles. The minimum Gasteiger partial charge on any atom is -0.462 e. The summed E-state index contributed by atoms with van der Waals surface area (Å²) in [5.41, 5.74) is 2.76. The molecule has 1 heterocycles. The first kappa shape index (κ1) is 44.0. The lowest BCUT2D eigenvalue weighted by Crippen LogP contribution is -2.64. The maximum absolute atomic E-state index is 14.8. The number of hydrogen-bond acceptors (Lipinski definition) is 6. The van der Waals surface area contributed by atoms with Crippen LogP contribution in [0.15, 0.2) is 79.5 Å². The Morgan fingerprint density at radius 1 is 0.794 bits per heavy atom. The van der Waals surface area contributed by atoms with Gasteiger partial charge < -0.3 is 19.8 Å². The first-order valence-electron chi connectivity index (χ1n) is 24.6. The average molecular weight is 856 g/mol. The van der Waals surface area contributed by atoms with Crippen molar-refractivity contribution in [1.29, 1.82) is 0 Å². The summed E-state index contributed by atoms with van der Waals surface area (Å²) >= 11 is 0. The van der Waals surface area contributed by atoms with E-state index in [2.05, 4.69) is 56.7 Å². The lowest BCUT2D eigenvalue weighted by atomic mass is 9.36. The summed E-state index contributed by atoms with van der Waals surface area (Å²) in [6.07, 6.45) is 18.3. The predicted octanol–water partition coefficient (Wildman–Crippen LogP) is 11.8. The smallest absolute Gasteiger partial charge is 0.309 e. The van der Waals surface area contributed by atoms with E-state index < -0.39 is 0 Å². The van der Waals surface area contributed by atoms with Crippen molar-refractivity contribution >= 4 is 17.8 Å². The molecule has 8 heteroatoms. The number of benzene rings is 2. The minimum absolute atomic E-state index is 0.0811. The van der Waals surface area contributed by atoms with Crippen LogP contribution in [-0.4, -0.2) is 33.9 Å². The number of amides is 1. The number of fused-ring (bicyclic) bond motifs is 7. The Morgan fingerprint density at radius 3 is 2.17 bits per heavy atom. The first-order chi connectivity index (χ1) is 30.2. The van der Waals surface area contributed by atoms with Gasteiger partial charge in [-0.2, -0.15) is 0 Å². The highest BCUT2D eigenvalue weighted by molar-refractivity contribution is 5.85. The highest BCUT2D eigenvalue weighted by Crippen LogP contribution is 2.73. The highest BCUT2D eigenvalue weighted by atomic mass is 16.5. The third kappa shape index (κ3) is 7.41. The standard InChI is InChI=1S/C52H67N3O5.C3H6/c1-32-36(44(56)59-31-33-13-8-6-9-14-33)29-37(32)45(57)60-43-22-25-50(5)41(48(43,2)3)21-24-49(4)38-20-26-51(23-12-17-39(51)35(38)18-19-42(49)50)47(58)55-52(27-28-52)46-53-30-40(54-46)34-15-10-7-11-16-34;1-3-2/h6-11,13-16,30,32,35-39,41-43H,12,17-29,31H2,1-5H3,(H,53,54)(H,55,58);3H,1H2,2H3. The number of H-pyrrole nitrogens is 1. The SMILES string of the molecule is C=CC.CC1C(C(=O)OCc2ccccc2)CC1C(=O)OC1CCC2(C)C(CCC3(C)C4CCC5(C(=O)NC6(c7ncc(-c8ccccc8)[nH]7)CC6)CCCC5C4CCC32)C1(C)C. The van der Waals surface area contributed by atoms with Gasteiger partial charge in [0.1, 0.15) is 18.5 Å². The molecule has 338 valence electrons. The van der Waals surface area contributed by atoms with Crippen LogP contribution in [0.3, 0.4) is 0 Å².